The van der Waals surface area contributed by atoms with E-state index in [-0.39, 0.29) is 0 Å². The molecule has 4 heteroatoms. The maximum atomic E-state index is 6.09. The number of rotatable bonds is 1. The first-order valence-electron chi connectivity index (χ1n) is 4.88. The molecule has 1 N–H and O–H groups in total. The van der Waals surface area contributed by atoms with Crippen molar-refractivity contribution in [2.45, 2.75) is 0 Å². The fourth-order valence-corrected chi connectivity index (χ4v) is 2.01. The number of aromatic amines is 1. The molecule has 3 aromatic rings. The van der Waals surface area contributed by atoms with E-state index in [4.69, 9.17) is 11.6 Å². The lowest BCUT2D eigenvalue weighted by atomic mass is 10.1. The standard InChI is InChI=1S/C12H8ClN3/c13-10-6-14-7-16-12(10)9-2-1-3-11-8(9)4-5-15-11/h1-7,15H. The molecule has 0 atom stereocenters. The first kappa shape index (κ1) is 9.36. The Labute approximate surface area is 97.1 Å². The summed E-state index contributed by atoms with van der Waals surface area (Å²) in [6.07, 6.45) is 5.02. The van der Waals surface area contributed by atoms with Gasteiger partial charge in [0.1, 0.15) is 6.33 Å². The molecule has 0 aliphatic rings. The molecule has 0 saturated heterocycles. The molecule has 0 spiro atoms. The first-order valence-corrected chi connectivity index (χ1v) is 5.26. The molecule has 78 valence electrons. The smallest absolute Gasteiger partial charge is 0.116 e. The average Bonchev–Trinajstić information content (AvgIpc) is 2.77. The number of halogens is 1. The number of benzene rings is 1. The molecule has 0 radical (unpaired) electrons. The Bertz CT molecular complexity index is 645. The molecular formula is C12H8ClN3. The molecule has 3 nitrogen and oxygen atoms in total. The summed E-state index contributed by atoms with van der Waals surface area (Å²) in [5.74, 6) is 0. The highest BCUT2D eigenvalue weighted by Crippen LogP contribution is 2.30. The van der Waals surface area contributed by atoms with Gasteiger partial charge in [0.2, 0.25) is 0 Å². The summed E-state index contributed by atoms with van der Waals surface area (Å²) in [6.45, 7) is 0. The zero-order valence-electron chi connectivity index (χ0n) is 8.31. The lowest BCUT2D eigenvalue weighted by Crippen LogP contribution is -1.86. The van der Waals surface area contributed by atoms with Gasteiger partial charge in [0, 0.05) is 28.9 Å². The van der Waals surface area contributed by atoms with Crippen LogP contribution in [0.5, 0.6) is 0 Å². The molecule has 0 saturated carbocycles. The van der Waals surface area contributed by atoms with Gasteiger partial charge in [0.25, 0.3) is 0 Å². The Morgan fingerprint density at radius 3 is 3.00 bits per heavy atom. The Morgan fingerprint density at radius 2 is 2.12 bits per heavy atom. The first-order chi connectivity index (χ1) is 7.86. The molecule has 1 aromatic carbocycles. The van der Waals surface area contributed by atoms with Crippen molar-refractivity contribution in [3.05, 3.63) is 48.0 Å². The third-order valence-electron chi connectivity index (χ3n) is 2.52. The van der Waals surface area contributed by atoms with E-state index < -0.39 is 0 Å². The van der Waals surface area contributed by atoms with Gasteiger partial charge in [-0.05, 0) is 12.1 Å². The van der Waals surface area contributed by atoms with E-state index in [2.05, 4.69) is 15.0 Å². The number of nitrogens with zero attached hydrogens (tertiary/aromatic N) is 2. The average molecular weight is 230 g/mol. The van der Waals surface area contributed by atoms with Crippen LogP contribution in [0.15, 0.2) is 43.0 Å². The van der Waals surface area contributed by atoms with Crippen molar-refractivity contribution in [3.63, 3.8) is 0 Å². The quantitative estimate of drug-likeness (QED) is 0.696. The molecule has 0 aliphatic heterocycles. The van der Waals surface area contributed by atoms with Gasteiger partial charge in [-0.3, -0.25) is 0 Å². The summed E-state index contributed by atoms with van der Waals surface area (Å²) in [4.78, 5) is 11.3. The highest BCUT2D eigenvalue weighted by Gasteiger charge is 2.08. The van der Waals surface area contributed by atoms with Gasteiger partial charge in [0.15, 0.2) is 0 Å². The van der Waals surface area contributed by atoms with Gasteiger partial charge in [-0.15, -0.1) is 0 Å². The van der Waals surface area contributed by atoms with Crippen LogP contribution in [0.4, 0.5) is 0 Å². The van der Waals surface area contributed by atoms with Crippen LogP contribution in [-0.2, 0) is 0 Å². The molecule has 0 fully saturated rings. The fourth-order valence-electron chi connectivity index (χ4n) is 1.80. The third-order valence-corrected chi connectivity index (χ3v) is 2.79. The topological polar surface area (TPSA) is 41.6 Å². The van der Waals surface area contributed by atoms with Crippen molar-refractivity contribution in [1.82, 2.24) is 15.0 Å². The number of fused-ring (bicyclic) bond motifs is 1. The van der Waals surface area contributed by atoms with Crippen LogP contribution in [0.25, 0.3) is 22.2 Å². The van der Waals surface area contributed by atoms with E-state index in [1.54, 1.807) is 6.20 Å². The van der Waals surface area contributed by atoms with Crippen molar-refractivity contribution in [2.75, 3.05) is 0 Å². The summed E-state index contributed by atoms with van der Waals surface area (Å²) in [6, 6.07) is 8.02. The molecule has 0 amide bonds. The summed E-state index contributed by atoms with van der Waals surface area (Å²) in [5, 5.41) is 1.68. The molecule has 0 bridgehead atoms. The van der Waals surface area contributed by atoms with Crippen LogP contribution in [-0.4, -0.2) is 15.0 Å². The zero-order valence-corrected chi connectivity index (χ0v) is 9.07. The molecule has 2 heterocycles. The minimum Gasteiger partial charge on any atom is -0.361 e. The third kappa shape index (κ3) is 1.37. The Balaban J connectivity index is 2.34. The molecule has 0 aliphatic carbocycles. The summed E-state index contributed by atoms with van der Waals surface area (Å²) in [5.41, 5.74) is 2.86. The normalized spacial score (nSPS) is 10.8. The number of aromatic nitrogens is 3. The van der Waals surface area contributed by atoms with E-state index in [1.807, 2.05) is 30.5 Å². The minimum absolute atomic E-state index is 0.566. The summed E-state index contributed by atoms with van der Waals surface area (Å²) < 4.78 is 0. The highest BCUT2D eigenvalue weighted by atomic mass is 35.5. The lowest BCUT2D eigenvalue weighted by Gasteiger charge is -2.03. The zero-order chi connectivity index (χ0) is 11.0. The number of hydrogen-bond donors (Lipinski definition) is 1. The van der Waals surface area contributed by atoms with E-state index in [1.165, 1.54) is 6.33 Å². The highest BCUT2D eigenvalue weighted by molar-refractivity contribution is 6.33. The van der Waals surface area contributed by atoms with Gasteiger partial charge < -0.3 is 4.98 Å². The lowest BCUT2D eigenvalue weighted by molar-refractivity contribution is 1.17. The predicted octanol–water partition coefficient (Wildman–Crippen LogP) is 3.28. The molecule has 2 aromatic heterocycles. The second-order valence-corrected chi connectivity index (χ2v) is 3.87. The van der Waals surface area contributed by atoms with Crippen LogP contribution in [0.1, 0.15) is 0 Å². The monoisotopic (exact) mass is 229 g/mol. The Kier molecular flexibility index (Phi) is 2.11. The number of nitrogens with one attached hydrogen (secondary N) is 1. The van der Waals surface area contributed by atoms with Crippen LogP contribution < -0.4 is 0 Å². The van der Waals surface area contributed by atoms with Crippen molar-refractivity contribution < 1.29 is 0 Å². The number of H-pyrrole nitrogens is 1. The second-order valence-electron chi connectivity index (χ2n) is 3.46. The van der Waals surface area contributed by atoms with Crippen molar-refractivity contribution in [2.24, 2.45) is 0 Å². The van der Waals surface area contributed by atoms with E-state index in [0.29, 0.717) is 5.02 Å². The van der Waals surface area contributed by atoms with Crippen LogP contribution >= 0.6 is 11.6 Å². The van der Waals surface area contributed by atoms with Crippen LogP contribution in [0, 0.1) is 0 Å². The SMILES string of the molecule is Clc1cncnc1-c1cccc2[nH]ccc12. The number of hydrogen-bond acceptors (Lipinski definition) is 2. The van der Waals surface area contributed by atoms with Crippen LogP contribution in [0.2, 0.25) is 5.02 Å². The van der Waals surface area contributed by atoms with Gasteiger partial charge in [-0.25, -0.2) is 9.97 Å². The minimum atomic E-state index is 0.566. The van der Waals surface area contributed by atoms with Crippen molar-refractivity contribution >= 4 is 22.5 Å². The summed E-state index contributed by atoms with van der Waals surface area (Å²) in [7, 11) is 0. The largest absolute Gasteiger partial charge is 0.361 e. The van der Waals surface area contributed by atoms with Crippen molar-refractivity contribution in [1.29, 1.82) is 0 Å². The summed E-state index contributed by atoms with van der Waals surface area (Å²) >= 11 is 6.09. The van der Waals surface area contributed by atoms with Gasteiger partial charge in [-0.1, -0.05) is 23.7 Å². The predicted molar refractivity (Wildman–Crippen MR) is 64.3 cm³/mol. The van der Waals surface area contributed by atoms with E-state index in [9.17, 15) is 0 Å². The maximum Gasteiger partial charge on any atom is 0.116 e. The Morgan fingerprint density at radius 1 is 1.19 bits per heavy atom. The van der Waals surface area contributed by atoms with Crippen LogP contribution in [0.3, 0.4) is 0 Å². The fraction of sp³-hybridized carbons (Fsp3) is 0. The molecular weight excluding hydrogens is 222 g/mol. The van der Waals surface area contributed by atoms with Gasteiger partial charge in [-0.2, -0.15) is 0 Å². The maximum absolute atomic E-state index is 6.09. The molecule has 0 unspecified atom stereocenters. The van der Waals surface area contributed by atoms with E-state index >= 15 is 0 Å². The molecule has 16 heavy (non-hydrogen) atoms. The van der Waals surface area contributed by atoms with Crippen molar-refractivity contribution in [3.8, 4) is 11.3 Å². The van der Waals surface area contributed by atoms with E-state index in [0.717, 1.165) is 22.2 Å². The Hall–Kier alpha value is -1.87. The second kappa shape index (κ2) is 3.61. The van der Waals surface area contributed by atoms with Gasteiger partial charge in [0.05, 0.1) is 10.7 Å². The van der Waals surface area contributed by atoms with Gasteiger partial charge >= 0.3 is 0 Å². The molecule has 3 rings (SSSR count).